The van der Waals surface area contributed by atoms with E-state index in [1.54, 1.807) is 0 Å². The highest BCUT2D eigenvalue weighted by Crippen LogP contribution is 2.31. The Hall–Kier alpha value is -1.51. The molecule has 0 bridgehead atoms. The number of urea groups is 1. The highest BCUT2D eigenvalue weighted by molar-refractivity contribution is 5.86. The van der Waals surface area contributed by atoms with Gasteiger partial charge in [0, 0.05) is 25.2 Å². The van der Waals surface area contributed by atoms with Crippen LogP contribution < -0.4 is 10.6 Å². The van der Waals surface area contributed by atoms with E-state index in [4.69, 9.17) is 5.11 Å². The summed E-state index contributed by atoms with van der Waals surface area (Å²) in [5, 5.41) is 12.7. The molecule has 3 N–H and O–H groups in total. The molecule has 120 valence electrons. The van der Waals surface area contributed by atoms with Crippen molar-refractivity contribution in [2.24, 2.45) is 0 Å². The summed E-state index contributed by atoms with van der Waals surface area (Å²) in [6.07, 6.45) is -2.19. The summed E-state index contributed by atoms with van der Waals surface area (Å²) in [5.41, 5.74) is -3.30. The molecule has 1 saturated carbocycles. The van der Waals surface area contributed by atoms with E-state index < -0.39 is 23.7 Å². The molecule has 2 fully saturated rings. The van der Waals surface area contributed by atoms with Crippen molar-refractivity contribution >= 4 is 12.0 Å². The number of carboxylic acid groups (broad SMARTS) is 1. The zero-order chi connectivity index (χ0) is 15.8. The Balaban J connectivity index is 1.89. The van der Waals surface area contributed by atoms with Crippen LogP contribution in [0.15, 0.2) is 0 Å². The Labute approximate surface area is 119 Å². The van der Waals surface area contributed by atoms with E-state index in [9.17, 15) is 22.8 Å². The van der Waals surface area contributed by atoms with Gasteiger partial charge in [-0.1, -0.05) is 0 Å². The molecule has 21 heavy (non-hydrogen) atoms. The maximum atomic E-state index is 12.8. The van der Waals surface area contributed by atoms with Gasteiger partial charge < -0.3 is 15.7 Å². The first kappa shape index (κ1) is 15.9. The van der Waals surface area contributed by atoms with Crippen LogP contribution in [-0.4, -0.2) is 58.9 Å². The van der Waals surface area contributed by atoms with Gasteiger partial charge in [-0.3, -0.25) is 4.90 Å². The van der Waals surface area contributed by atoms with Crippen molar-refractivity contribution in [1.82, 2.24) is 15.5 Å². The lowest BCUT2D eigenvalue weighted by atomic mass is 10.0. The second-order valence-electron chi connectivity index (χ2n) is 5.74. The summed E-state index contributed by atoms with van der Waals surface area (Å²) < 4.78 is 38.3. The summed E-state index contributed by atoms with van der Waals surface area (Å²) in [6, 6.07) is -0.837. The van der Waals surface area contributed by atoms with Crippen molar-refractivity contribution in [2.75, 3.05) is 13.1 Å². The van der Waals surface area contributed by atoms with Crippen LogP contribution in [0.5, 0.6) is 0 Å². The van der Waals surface area contributed by atoms with Gasteiger partial charge in [0.1, 0.15) is 0 Å². The molecule has 2 unspecified atom stereocenters. The fourth-order valence-corrected chi connectivity index (χ4v) is 2.37. The lowest BCUT2D eigenvalue weighted by Crippen LogP contribution is -2.64. The molecular weight excluding hydrogens is 291 g/mol. The first-order valence-electron chi connectivity index (χ1n) is 6.76. The van der Waals surface area contributed by atoms with Crippen molar-refractivity contribution in [3.05, 3.63) is 0 Å². The zero-order valence-electron chi connectivity index (χ0n) is 11.5. The third kappa shape index (κ3) is 3.39. The minimum atomic E-state index is -5.08. The van der Waals surface area contributed by atoms with Gasteiger partial charge in [0.25, 0.3) is 0 Å². The van der Waals surface area contributed by atoms with E-state index in [-0.39, 0.29) is 6.04 Å². The van der Waals surface area contributed by atoms with Crippen molar-refractivity contribution in [3.8, 4) is 0 Å². The van der Waals surface area contributed by atoms with Crippen LogP contribution >= 0.6 is 0 Å². The van der Waals surface area contributed by atoms with Gasteiger partial charge >= 0.3 is 18.2 Å². The molecular formula is C12H18F3N3O3. The van der Waals surface area contributed by atoms with E-state index in [1.807, 2.05) is 0 Å². The number of hydrogen-bond acceptors (Lipinski definition) is 3. The number of carbonyl (C=O) groups is 2. The lowest BCUT2D eigenvalue weighted by Gasteiger charge is -2.29. The SMILES string of the molecule is CC(NC(=O)NC1CCN(C2CC2)C1)(C(=O)O)C(F)(F)F. The van der Waals surface area contributed by atoms with Gasteiger partial charge in [0.2, 0.25) is 5.54 Å². The first-order valence-corrected chi connectivity index (χ1v) is 6.76. The summed E-state index contributed by atoms with van der Waals surface area (Å²) in [6.45, 7) is 1.82. The number of nitrogens with one attached hydrogen (secondary N) is 2. The number of carbonyl (C=O) groups excluding carboxylic acids is 1. The molecule has 0 radical (unpaired) electrons. The second-order valence-corrected chi connectivity index (χ2v) is 5.74. The van der Waals surface area contributed by atoms with E-state index in [2.05, 4.69) is 10.2 Å². The predicted molar refractivity (Wildman–Crippen MR) is 66.8 cm³/mol. The number of halogens is 3. The van der Waals surface area contributed by atoms with Gasteiger partial charge in [0.15, 0.2) is 0 Å². The monoisotopic (exact) mass is 309 g/mol. The molecule has 1 saturated heterocycles. The van der Waals surface area contributed by atoms with Crippen molar-refractivity contribution in [1.29, 1.82) is 0 Å². The predicted octanol–water partition coefficient (Wildman–Crippen LogP) is 0.928. The lowest BCUT2D eigenvalue weighted by molar-refractivity contribution is -0.203. The van der Waals surface area contributed by atoms with Gasteiger partial charge in [-0.05, 0) is 26.2 Å². The summed E-state index contributed by atoms with van der Waals surface area (Å²) in [5.74, 6) is -2.14. The number of likely N-dealkylation sites (tertiary alicyclic amines) is 1. The molecule has 2 aliphatic rings. The Kier molecular flexibility index (Phi) is 4.05. The second kappa shape index (κ2) is 5.36. The van der Waals surface area contributed by atoms with Crippen LogP contribution in [0.4, 0.5) is 18.0 Å². The molecule has 2 amide bonds. The van der Waals surface area contributed by atoms with Gasteiger partial charge in [-0.25, -0.2) is 9.59 Å². The molecule has 1 aliphatic carbocycles. The summed E-state index contributed by atoms with van der Waals surface area (Å²) >= 11 is 0. The third-order valence-electron chi connectivity index (χ3n) is 3.98. The number of nitrogens with zero attached hydrogens (tertiary/aromatic N) is 1. The summed E-state index contributed by atoms with van der Waals surface area (Å²) in [4.78, 5) is 24.7. The Morgan fingerprint density at radius 3 is 2.33 bits per heavy atom. The topological polar surface area (TPSA) is 81.7 Å². The number of aliphatic carboxylic acids is 1. The molecule has 0 aromatic carbocycles. The Bertz CT molecular complexity index is 439. The van der Waals surface area contributed by atoms with Crippen molar-refractivity contribution in [2.45, 2.75) is 50.0 Å². The standard InChI is InChI=1S/C12H18F3N3O3/c1-11(9(19)20,12(13,14)15)17-10(21)16-7-4-5-18(6-7)8-2-3-8/h7-8H,2-6H2,1H3,(H,19,20)(H2,16,17,21). The van der Waals surface area contributed by atoms with Crippen LogP contribution in [0.1, 0.15) is 26.2 Å². The fraction of sp³-hybridized carbons (Fsp3) is 0.833. The zero-order valence-corrected chi connectivity index (χ0v) is 11.5. The number of hydrogen-bond donors (Lipinski definition) is 3. The number of carboxylic acids is 1. The van der Waals surface area contributed by atoms with E-state index >= 15 is 0 Å². The Morgan fingerprint density at radius 1 is 1.24 bits per heavy atom. The average Bonchev–Trinajstić information content (AvgIpc) is 3.09. The van der Waals surface area contributed by atoms with Crippen LogP contribution in [-0.2, 0) is 4.79 Å². The molecule has 6 nitrogen and oxygen atoms in total. The third-order valence-corrected chi connectivity index (χ3v) is 3.98. The molecule has 2 rings (SSSR count). The van der Waals surface area contributed by atoms with Crippen molar-refractivity contribution in [3.63, 3.8) is 0 Å². The fourth-order valence-electron chi connectivity index (χ4n) is 2.37. The normalized spacial score (nSPS) is 26.2. The average molecular weight is 309 g/mol. The van der Waals surface area contributed by atoms with Crippen molar-refractivity contribution < 1.29 is 27.9 Å². The number of amides is 2. The maximum Gasteiger partial charge on any atom is 0.422 e. The van der Waals surface area contributed by atoms with Gasteiger partial charge in [-0.15, -0.1) is 0 Å². The Morgan fingerprint density at radius 2 is 1.86 bits per heavy atom. The van der Waals surface area contributed by atoms with E-state index in [1.165, 1.54) is 5.32 Å². The molecule has 2 atom stereocenters. The van der Waals surface area contributed by atoms with Crippen LogP contribution in [0.3, 0.4) is 0 Å². The largest absolute Gasteiger partial charge is 0.479 e. The highest BCUT2D eigenvalue weighted by Gasteiger charge is 2.58. The molecule has 9 heteroatoms. The quantitative estimate of drug-likeness (QED) is 0.721. The number of rotatable bonds is 4. The molecule has 0 aromatic rings. The number of alkyl halides is 3. The smallest absolute Gasteiger partial charge is 0.422 e. The van der Waals surface area contributed by atoms with Gasteiger partial charge in [0.05, 0.1) is 0 Å². The maximum absolute atomic E-state index is 12.8. The first-order chi connectivity index (χ1) is 9.63. The van der Waals surface area contributed by atoms with Crippen LogP contribution in [0.25, 0.3) is 0 Å². The summed E-state index contributed by atoms with van der Waals surface area (Å²) in [7, 11) is 0. The van der Waals surface area contributed by atoms with Crippen LogP contribution in [0.2, 0.25) is 0 Å². The molecule has 0 aromatic heterocycles. The van der Waals surface area contributed by atoms with E-state index in [0.717, 1.165) is 19.4 Å². The van der Waals surface area contributed by atoms with Crippen LogP contribution in [0, 0.1) is 0 Å². The highest BCUT2D eigenvalue weighted by atomic mass is 19.4. The minimum absolute atomic E-state index is 0.253. The molecule has 1 aliphatic heterocycles. The minimum Gasteiger partial charge on any atom is -0.479 e. The van der Waals surface area contributed by atoms with E-state index in [0.29, 0.717) is 25.9 Å². The van der Waals surface area contributed by atoms with Gasteiger partial charge in [-0.2, -0.15) is 13.2 Å². The molecule has 0 spiro atoms. The molecule has 1 heterocycles.